The third kappa shape index (κ3) is 3.60. The van der Waals surface area contributed by atoms with E-state index in [0.717, 1.165) is 13.0 Å². The Morgan fingerprint density at radius 3 is 2.58 bits per heavy atom. The van der Waals surface area contributed by atoms with Crippen molar-refractivity contribution in [1.29, 1.82) is 0 Å². The van der Waals surface area contributed by atoms with Gasteiger partial charge in [0.05, 0.1) is 5.52 Å². The Morgan fingerprint density at radius 1 is 1.21 bits per heavy atom. The second kappa shape index (κ2) is 5.38. The summed E-state index contributed by atoms with van der Waals surface area (Å²) in [6, 6.07) is 8.94. The quantitative estimate of drug-likeness (QED) is 0.884. The van der Waals surface area contributed by atoms with Crippen LogP contribution in [0.25, 0.3) is 10.9 Å². The minimum absolute atomic E-state index is 0.205. The van der Waals surface area contributed by atoms with E-state index in [2.05, 4.69) is 62.7 Å². The van der Waals surface area contributed by atoms with E-state index in [1.807, 2.05) is 0 Å². The molecule has 0 spiro atoms. The lowest BCUT2D eigenvalue weighted by Crippen LogP contribution is -2.18. The van der Waals surface area contributed by atoms with E-state index in [0.29, 0.717) is 5.41 Å². The van der Waals surface area contributed by atoms with E-state index in [1.54, 1.807) is 0 Å². The molecule has 2 rings (SSSR count). The molecule has 2 aromatic rings. The zero-order valence-electron chi connectivity index (χ0n) is 12.6. The maximum atomic E-state index is 5.97. The van der Waals surface area contributed by atoms with Gasteiger partial charge in [-0.3, -0.25) is 0 Å². The molecule has 2 nitrogen and oxygen atoms in total. The van der Waals surface area contributed by atoms with Crippen molar-refractivity contribution in [3.63, 3.8) is 0 Å². The van der Waals surface area contributed by atoms with Crippen LogP contribution in [0, 0.1) is 5.41 Å². The number of para-hydroxylation sites is 1. The molecule has 2 N–H and O–H groups in total. The molecule has 0 aliphatic heterocycles. The highest BCUT2D eigenvalue weighted by molar-refractivity contribution is 5.83. The summed E-state index contributed by atoms with van der Waals surface area (Å²) in [4.78, 5) is 0. The van der Waals surface area contributed by atoms with Gasteiger partial charge < -0.3 is 10.3 Å². The fourth-order valence-corrected chi connectivity index (χ4v) is 2.49. The summed E-state index contributed by atoms with van der Waals surface area (Å²) >= 11 is 0. The number of nitrogens with two attached hydrogens (primary N) is 1. The van der Waals surface area contributed by atoms with Crippen molar-refractivity contribution in [2.75, 3.05) is 0 Å². The summed E-state index contributed by atoms with van der Waals surface area (Å²) in [5, 5.41) is 1.33. The Labute approximate surface area is 116 Å². The van der Waals surface area contributed by atoms with Gasteiger partial charge in [0.15, 0.2) is 0 Å². The topological polar surface area (TPSA) is 30.9 Å². The molecular formula is C17H26N2. The molecule has 0 radical (unpaired) electrons. The van der Waals surface area contributed by atoms with Gasteiger partial charge in [-0.25, -0.2) is 0 Å². The van der Waals surface area contributed by atoms with Gasteiger partial charge in [0.1, 0.15) is 0 Å². The number of fused-ring (bicyclic) bond motifs is 1. The predicted molar refractivity (Wildman–Crippen MR) is 83.4 cm³/mol. The summed E-state index contributed by atoms with van der Waals surface area (Å²) < 4.78 is 2.39. The van der Waals surface area contributed by atoms with Gasteiger partial charge in [-0.05, 0) is 42.2 Å². The number of hydrogen-bond acceptors (Lipinski definition) is 1. The van der Waals surface area contributed by atoms with E-state index >= 15 is 0 Å². The van der Waals surface area contributed by atoms with E-state index in [-0.39, 0.29) is 6.04 Å². The molecule has 0 saturated carbocycles. The van der Waals surface area contributed by atoms with Crippen LogP contribution < -0.4 is 5.73 Å². The highest BCUT2D eigenvalue weighted by Gasteiger charge is 2.12. The number of benzene rings is 1. The molecule has 19 heavy (non-hydrogen) atoms. The molecule has 0 amide bonds. The molecule has 1 unspecified atom stereocenters. The first-order valence-electron chi connectivity index (χ1n) is 7.19. The first-order chi connectivity index (χ1) is 8.87. The first-order valence-corrected chi connectivity index (χ1v) is 7.19. The molecule has 0 fully saturated rings. The summed E-state index contributed by atoms with van der Waals surface area (Å²) in [5.41, 5.74) is 9.07. The summed E-state index contributed by atoms with van der Waals surface area (Å²) in [6.45, 7) is 10.0. The van der Waals surface area contributed by atoms with Gasteiger partial charge in [-0.2, -0.15) is 0 Å². The highest BCUT2D eigenvalue weighted by Crippen LogP contribution is 2.25. The molecule has 1 aromatic carbocycles. The summed E-state index contributed by atoms with van der Waals surface area (Å²) in [5.74, 6) is 0. The number of nitrogens with zero attached hydrogens (tertiary/aromatic N) is 1. The second-order valence-corrected chi connectivity index (χ2v) is 6.86. The standard InChI is InChI=1S/C17H26N2/c1-13(18)12-15-7-5-6-14-8-10-19(16(14)15)11-9-17(2,3)4/h5-8,10,13H,9,11-12,18H2,1-4H3. The van der Waals surface area contributed by atoms with Crippen LogP contribution in [0.2, 0.25) is 0 Å². The van der Waals surface area contributed by atoms with Crippen LogP contribution >= 0.6 is 0 Å². The van der Waals surface area contributed by atoms with Crippen LogP contribution in [0.15, 0.2) is 30.5 Å². The van der Waals surface area contributed by atoms with E-state index < -0.39 is 0 Å². The third-order valence-corrected chi connectivity index (χ3v) is 3.52. The average molecular weight is 258 g/mol. The highest BCUT2D eigenvalue weighted by atomic mass is 15.0. The average Bonchev–Trinajstić information content (AvgIpc) is 2.69. The van der Waals surface area contributed by atoms with Gasteiger partial charge in [0, 0.05) is 18.8 Å². The molecular weight excluding hydrogens is 232 g/mol. The molecule has 2 heteroatoms. The van der Waals surface area contributed by atoms with Gasteiger partial charge in [0.25, 0.3) is 0 Å². The van der Waals surface area contributed by atoms with Gasteiger partial charge >= 0.3 is 0 Å². The number of hydrogen-bond donors (Lipinski definition) is 1. The lowest BCUT2D eigenvalue weighted by atomic mass is 9.92. The Kier molecular flexibility index (Phi) is 4.00. The van der Waals surface area contributed by atoms with Crippen molar-refractivity contribution in [1.82, 2.24) is 4.57 Å². The monoisotopic (exact) mass is 258 g/mol. The Hall–Kier alpha value is -1.28. The minimum Gasteiger partial charge on any atom is -0.347 e. The van der Waals surface area contributed by atoms with Gasteiger partial charge in [0.2, 0.25) is 0 Å². The lowest BCUT2D eigenvalue weighted by molar-refractivity contribution is 0.353. The fourth-order valence-electron chi connectivity index (χ4n) is 2.49. The van der Waals surface area contributed by atoms with Crippen molar-refractivity contribution in [3.8, 4) is 0 Å². The zero-order chi connectivity index (χ0) is 14.0. The van der Waals surface area contributed by atoms with Crippen molar-refractivity contribution in [2.45, 2.75) is 53.1 Å². The largest absolute Gasteiger partial charge is 0.347 e. The van der Waals surface area contributed by atoms with E-state index in [1.165, 1.54) is 22.9 Å². The summed E-state index contributed by atoms with van der Waals surface area (Å²) in [6.07, 6.45) is 4.33. The van der Waals surface area contributed by atoms with Gasteiger partial charge in [-0.15, -0.1) is 0 Å². The Bertz CT molecular complexity index is 544. The Balaban J connectivity index is 2.34. The van der Waals surface area contributed by atoms with Crippen LogP contribution in [0.1, 0.15) is 39.7 Å². The molecule has 104 valence electrons. The normalized spacial score (nSPS) is 13.9. The number of aryl methyl sites for hydroxylation is 1. The van der Waals surface area contributed by atoms with Crippen LogP contribution in [-0.4, -0.2) is 10.6 Å². The van der Waals surface area contributed by atoms with Crippen LogP contribution in [0.4, 0.5) is 0 Å². The first kappa shape index (κ1) is 14.1. The van der Waals surface area contributed by atoms with E-state index in [4.69, 9.17) is 5.73 Å². The molecule has 1 heterocycles. The number of rotatable bonds is 4. The molecule has 1 atom stereocenters. The maximum absolute atomic E-state index is 5.97. The van der Waals surface area contributed by atoms with Crippen molar-refractivity contribution in [3.05, 3.63) is 36.0 Å². The Morgan fingerprint density at radius 2 is 1.95 bits per heavy atom. The van der Waals surface area contributed by atoms with E-state index in [9.17, 15) is 0 Å². The molecule has 0 bridgehead atoms. The lowest BCUT2D eigenvalue weighted by Gasteiger charge is -2.19. The molecule has 1 aromatic heterocycles. The SMILES string of the molecule is CC(N)Cc1cccc2ccn(CCC(C)(C)C)c12. The predicted octanol–water partition coefficient (Wildman–Crippen LogP) is 3.97. The molecule has 0 aliphatic carbocycles. The molecule has 0 saturated heterocycles. The fraction of sp³-hybridized carbons (Fsp3) is 0.529. The van der Waals surface area contributed by atoms with Crippen molar-refractivity contribution in [2.24, 2.45) is 11.1 Å². The van der Waals surface area contributed by atoms with Crippen molar-refractivity contribution < 1.29 is 0 Å². The maximum Gasteiger partial charge on any atom is 0.0513 e. The third-order valence-electron chi connectivity index (χ3n) is 3.52. The summed E-state index contributed by atoms with van der Waals surface area (Å²) in [7, 11) is 0. The zero-order valence-corrected chi connectivity index (χ0v) is 12.6. The molecule has 0 aliphatic rings. The van der Waals surface area contributed by atoms with Crippen LogP contribution in [0.5, 0.6) is 0 Å². The number of aromatic nitrogens is 1. The minimum atomic E-state index is 0.205. The van der Waals surface area contributed by atoms with Gasteiger partial charge in [-0.1, -0.05) is 39.0 Å². The smallest absolute Gasteiger partial charge is 0.0513 e. The van der Waals surface area contributed by atoms with Crippen LogP contribution in [0.3, 0.4) is 0 Å². The van der Waals surface area contributed by atoms with Crippen molar-refractivity contribution >= 4 is 10.9 Å². The van der Waals surface area contributed by atoms with Crippen LogP contribution in [-0.2, 0) is 13.0 Å². The second-order valence-electron chi connectivity index (χ2n) is 6.86.